The molecule has 0 amide bonds. The lowest BCUT2D eigenvalue weighted by atomic mass is 9.47. The number of rotatable bonds is 5. The van der Waals surface area contributed by atoms with E-state index >= 15 is 0 Å². The minimum absolute atomic E-state index is 0.0882. The first kappa shape index (κ1) is 20.7. The molecule has 1 heteroatoms. The summed E-state index contributed by atoms with van der Waals surface area (Å²) in [5, 5.41) is 10.2. The van der Waals surface area contributed by atoms with E-state index in [4.69, 9.17) is 0 Å². The molecule has 4 aliphatic carbocycles. The molecule has 0 bridgehead atoms. The summed E-state index contributed by atoms with van der Waals surface area (Å²) in [6.07, 6.45) is 16.4. The number of aliphatic hydroxyl groups excluding tert-OH is 1. The van der Waals surface area contributed by atoms with Crippen LogP contribution in [0, 0.1) is 40.4 Å². The molecule has 1 nitrogen and oxygen atoms in total. The first-order chi connectivity index (χ1) is 13.3. The highest BCUT2D eigenvalue weighted by Gasteiger charge is 2.58. The number of fused-ring (bicyclic) bond motifs is 5. The zero-order chi connectivity index (χ0) is 20.1. The summed E-state index contributed by atoms with van der Waals surface area (Å²) in [5.74, 6) is 4.19. The Kier molecular flexibility index (Phi) is 5.62. The number of aliphatic hydroxyl groups is 1. The van der Waals surface area contributed by atoms with Crippen LogP contribution in [0.25, 0.3) is 0 Å². The van der Waals surface area contributed by atoms with E-state index in [2.05, 4.69) is 40.3 Å². The molecule has 28 heavy (non-hydrogen) atoms. The van der Waals surface area contributed by atoms with Crippen LogP contribution in [-0.2, 0) is 0 Å². The van der Waals surface area contributed by atoms with Gasteiger partial charge in [-0.05, 0) is 105 Å². The molecule has 0 radical (unpaired) electrons. The first-order valence-electron chi connectivity index (χ1n) is 12.3. The molecule has 4 aliphatic rings. The normalized spacial score (nSPS) is 45.2. The van der Waals surface area contributed by atoms with Crippen molar-refractivity contribution in [1.29, 1.82) is 0 Å². The molecule has 0 aromatic heterocycles. The standard InChI is InChI=1S/C27H44O/c1-18(2)7-6-8-19(3)23-11-12-24-22-10-9-20-17-21(28)13-15-26(20,4)25(22)14-16-27(23,24)5/h9,18,21-25,28H,3,6-8,10-17H2,1-2,4-5H3/t21?,22?,23?,24?,25-,26-,27+/m0/s1. The van der Waals surface area contributed by atoms with Gasteiger partial charge in [-0.1, -0.05) is 57.9 Å². The fraction of sp³-hybridized carbons (Fsp3) is 0.852. The summed E-state index contributed by atoms with van der Waals surface area (Å²) in [4.78, 5) is 0. The molecule has 3 fully saturated rings. The van der Waals surface area contributed by atoms with Crippen LogP contribution in [0.15, 0.2) is 23.8 Å². The molecule has 0 aromatic rings. The second kappa shape index (κ2) is 7.60. The van der Waals surface area contributed by atoms with Crippen molar-refractivity contribution in [2.24, 2.45) is 40.4 Å². The van der Waals surface area contributed by atoms with Crippen molar-refractivity contribution >= 4 is 0 Å². The highest BCUT2D eigenvalue weighted by atomic mass is 16.3. The lowest BCUT2D eigenvalue weighted by Crippen LogP contribution is -2.50. The van der Waals surface area contributed by atoms with Gasteiger partial charge in [-0.25, -0.2) is 0 Å². The van der Waals surface area contributed by atoms with Gasteiger partial charge in [0.25, 0.3) is 0 Å². The van der Waals surface area contributed by atoms with Crippen molar-refractivity contribution in [3.8, 4) is 0 Å². The Bertz CT molecular complexity index is 630. The smallest absolute Gasteiger partial charge is 0.0577 e. The van der Waals surface area contributed by atoms with E-state index in [1.807, 2.05) is 0 Å². The van der Waals surface area contributed by atoms with Crippen LogP contribution >= 0.6 is 0 Å². The maximum atomic E-state index is 10.2. The molecular weight excluding hydrogens is 340 g/mol. The van der Waals surface area contributed by atoms with Gasteiger partial charge in [-0.15, -0.1) is 0 Å². The molecule has 1 N–H and O–H groups in total. The van der Waals surface area contributed by atoms with Crippen molar-refractivity contribution in [1.82, 2.24) is 0 Å². The number of hydrogen-bond acceptors (Lipinski definition) is 1. The average Bonchev–Trinajstić information content (AvgIpc) is 2.99. The van der Waals surface area contributed by atoms with Gasteiger partial charge < -0.3 is 5.11 Å². The van der Waals surface area contributed by atoms with Crippen LogP contribution in [0.2, 0.25) is 0 Å². The maximum absolute atomic E-state index is 10.2. The summed E-state index contributed by atoms with van der Waals surface area (Å²) >= 11 is 0. The Morgan fingerprint density at radius 3 is 2.68 bits per heavy atom. The zero-order valence-corrected chi connectivity index (χ0v) is 19.0. The maximum Gasteiger partial charge on any atom is 0.0577 e. The van der Waals surface area contributed by atoms with Gasteiger partial charge in [-0.2, -0.15) is 0 Å². The Balaban J connectivity index is 1.50. The molecule has 158 valence electrons. The molecule has 0 saturated heterocycles. The molecule has 7 atom stereocenters. The van der Waals surface area contributed by atoms with Gasteiger partial charge >= 0.3 is 0 Å². The van der Waals surface area contributed by atoms with Gasteiger partial charge in [0, 0.05) is 0 Å². The second-order valence-corrected chi connectivity index (χ2v) is 11.8. The SMILES string of the molecule is C=C(CCCC(C)C)C1CCC2C3CC=C4CC(O)CC[C@]4(C)[C@H]3CC[C@]12C. The van der Waals surface area contributed by atoms with Crippen molar-refractivity contribution in [2.75, 3.05) is 0 Å². The van der Waals surface area contributed by atoms with Gasteiger partial charge in [0.15, 0.2) is 0 Å². The van der Waals surface area contributed by atoms with Crippen LogP contribution in [-0.4, -0.2) is 11.2 Å². The number of allylic oxidation sites excluding steroid dienone is 2. The van der Waals surface area contributed by atoms with Crippen molar-refractivity contribution in [2.45, 2.75) is 104 Å². The second-order valence-electron chi connectivity index (χ2n) is 11.8. The summed E-state index contributed by atoms with van der Waals surface area (Å²) < 4.78 is 0. The lowest BCUT2D eigenvalue weighted by molar-refractivity contribution is -0.0456. The van der Waals surface area contributed by atoms with E-state index in [0.29, 0.717) is 10.8 Å². The Labute approximate surface area is 174 Å². The predicted octanol–water partition coefficient (Wildman–Crippen LogP) is 7.31. The van der Waals surface area contributed by atoms with E-state index in [1.165, 1.54) is 57.8 Å². The molecule has 4 unspecified atom stereocenters. The Morgan fingerprint density at radius 2 is 1.93 bits per heavy atom. The predicted molar refractivity (Wildman–Crippen MR) is 119 cm³/mol. The molecule has 3 saturated carbocycles. The fourth-order valence-electron chi connectivity index (χ4n) is 8.22. The minimum Gasteiger partial charge on any atom is -0.393 e. The van der Waals surface area contributed by atoms with Crippen LogP contribution in [0.4, 0.5) is 0 Å². The van der Waals surface area contributed by atoms with E-state index in [1.54, 1.807) is 11.1 Å². The van der Waals surface area contributed by atoms with Crippen LogP contribution in [0.5, 0.6) is 0 Å². The van der Waals surface area contributed by atoms with Gasteiger partial charge in [-0.3, -0.25) is 0 Å². The van der Waals surface area contributed by atoms with Crippen LogP contribution in [0.1, 0.15) is 98.3 Å². The quantitative estimate of drug-likeness (QED) is 0.493. The lowest BCUT2D eigenvalue weighted by Gasteiger charge is -2.58. The van der Waals surface area contributed by atoms with Gasteiger partial charge in [0.05, 0.1) is 6.10 Å². The monoisotopic (exact) mass is 384 g/mol. The Hall–Kier alpha value is -0.560. The van der Waals surface area contributed by atoms with Crippen LogP contribution < -0.4 is 0 Å². The third-order valence-electron chi connectivity index (χ3n) is 9.85. The minimum atomic E-state index is -0.0882. The van der Waals surface area contributed by atoms with Crippen molar-refractivity contribution < 1.29 is 5.11 Å². The molecule has 4 rings (SSSR count). The zero-order valence-electron chi connectivity index (χ0n) is 19.0. The summed E-state index contributed by atoms with van der Waals surface area (Å²) in [5.41, 5.74) is 4.04. The topological polar surface area (TPSA) is 20.2 Å². The van der Waals surface area contributed by atoms with E-state index in [0.717, 1.165) is 42.4 Å². The Morgan fingerprint density at radius 1 is 1.14 bits per heavy atom. The molecule has 0 aromatic carbocycles. The van der Waals surface area contributed by atoms with E-state index < -0.39 is 0 Å². The molecule has 0 heterocycles. The third kappa shape index (κ3) is 3.34. The third-order valence-corrected chi connectivity index (χ3v) is 9.85. The molecular formula is C27H44O. The summed E-state index contributed by atoms with van der Waals surface area (Å²) in [6, 6.07) is 0. The fourth-order valence-corrected chi connectivity index (χ4v) is 8.22. The summed E-state index contributed by atoms with van der Waals surface area (Å²) in [7, 11) is 0. The highest BCUT2D eigenvalue weighted by molar-refractivity contribution is 5.26. The van der Waals surface area contributed by atoms with Crippen molar-refractivity contribution in [3.05, 3.63) is 23.8 Å². The van der Waals surface area contributed by atoms with Crippen molar-refractivity contribution in [3.63, 3.8) is 0 Å². The summed E-state index contributed by atoms with van der Waals surface area (Å²) in [6.45, 7) is 14.5. The van der Waals surface area contributed by atoms with Gasteiger partial charge in [0.1, 0.15) is 0 Å². The number of hydrogen-bond donors (Lipinski definition) is 1. The van der Waals surface area contributed by atoms with E-state index in [-0.39, 0.29) is 6.10 Å². The van der Waals surface area contributed by atoms with Gasteiger partial charge in [0.2, 0.25) is 0 Å². The molecule has 0 spiro atoms. The largest absolute Gasteiger partial charge is 0.393 e. The van der Waals surface area contributed by atoms with Crippen LogP contribution in [0.3, 0.4) is 0 Å². The van der Waals surface area contributed by atoms with E-state index in [9.17, 15) is 5.11 Å². The average molecular weight is 385 g/mol. The highest BCUT2D eigenvalue weighted by Crippen LogP contribution is 2.67. The first-order valence-corrected chi connectivity index (χ1v) is 12.3. The molecule has 0 aliphatic heterocycles.